The molecule has 0 aliphatic carbocycles. The summed E-state index contributed by atoms with van der Waals surface area (Å²) in [4.78, 5) is 0. The predicted molar refractivity (Wildman–Crippen MR) is 67.9 cm³/mol. The molecule has 0 fully saturated rings. The largest absolute Gasteiger partial charge is 0.0654 e. The van der Waals surface area contributed by atoms with Crippen LogP contribution in [0.3, 0.4) is 0 Å². The van der Waals surface area contributed by atoms with Crippen LogP contribution in [-0.4, -0.2) is 0 Å². The quantitative estimate of drug-likeness (QED) is 0.669. The fraction of sp³-hybridized carbons (Fsp3) is 0.533. The topological polar surface area (TPSA) is 0 Å². The van der Waals surface area contributed by atoms with Gasteiger partial charge in [-0.3, -0.25) is 0 Å². The van der Waals surface area contributed by atoms with Gasteiger partial charge in [0.1, 0.15) is 0 Å². The van der Waals surface area contributed by atoms with Crippen molar-refractivity contribution < 1.29 is 0 Å². The van der Waals surface area contributed by atoms with Crippen molar-refractivity contribution in [2.24, 2.45) is 5.41 Å². The van der Waals surface area contributed by atoms with E-state index in [9.17, 15) is 0 Å². The standard InChI is InChI=1S/C15H23/c1-5-6-7-13-8-10-14(11-9-13)12-15(2,3)4/h7-11H,5-6,12H2,1-4H3. The van der Waals surface area contributed by atoms with E-state index >= 15 is 0 Å². The predicted octanol–water partition coefficient (Wildman–Crippen LogP) is 4.63. The molecule has 0 N–H and O–H groups in total. The summed E-state index contributed by atoms with van der Waals surface area (Å²) in [7, 11) is 0. The minimum Gasteiger partial charge on any atom is -0.0654 e. The molecule has 0 amide bonds. The van der Waals surface area contributed by atoms with Gasteiger partial charge in [-0.1, -0.05) is 58.4 Å². The van der Waals surface area contributed by atoms with Crippen LogP contribution in [0.1, 0.15) is 51.7 Å². The van der Waals surface area contributed by atoms with Crippen molar-refractivity contribution in [3.8, 4) is 0 Å². The lowest BCUT2D eigenvalue weighted by Crippen LogP contribution is -2.08. The maximum Gasteiger partial charge on any atom is -0.00932 e. The molecule has 0 heteroatoms. The molecule has 1 aromatic carbocycles. The summed E-state index contributed by atoms with van der Waals surface area (Å²) in [5.74, 6) is 0. The number of hydrogen-bond donors (Lipinski definition) is 0. The lowest BCUT2D eigenvalue weighted by molar-refractivity contribution is 0.411. The number of benzene rings is 1. The molecule has 0 nitrogen and oxygen atoms in total. The second-order valence-corrected chi connectivity index (χ2v) is 5.47. The Balaban J connectivity index is 2.56. The van der Waals surface area contributed by atoms with E-state index in [2.05, 4.69) is 58.4 Å². The van der Waals surface area contributed by atoms with E-state index in [1.54, 1.807) is 0 Å². The fourth-order valence-corrected chi connectivity index (χ4v) is 1.69. The van der Waals surface area contributed by atoms with Crippen molar-refractivity contribution >= 4 is 0 Å². The Hall–Kier alpha value is -0.780. The van der Waals surface area contributed by atoms with Gasteiger partial charge in [-0.05, 0) is 35.8 Å². The monoisotopic (exact) mass is 203 g/mol. The first-order valence-electron chi connectivity index (χ1n) is 5.93. The average Bonchev–Trinajstić information content (AvgIpc) is 2.14. The van der Waals surface area contributed by atoms with Crippen LogP contribution in [0, 0.1) is 11.8 Å². The second-order valence-electron chi connectivity index (χ2n) is 5.47. The summed E-state index contributed by atoms with van der Waals surface area (Å²) < 4.78 is 0. The molecule has 0 heterocycles. The summed E-state index contributed by atoms with van der Waals surface area (Å²) in [6, 6.07) is 8.98. The maximum absolute atomic E-state index is 2.31. The van der Waals surface area contributed by atoms with E-state index < -0.39 is 0 Å². The number of hydrogen-bond acceptors (Lipinski definition) is 0. The van der Waals surface area contributed by atoms with Crippen LogP contribution in [0.25, 0.3) is 0 Å². The van der Waals surface area contributed by atoms with Gasteiger partial charge in [0.25, 0.3) is 0 Å². The van der Waals surface area contributed by atoms with Gasteiger partial charge in [-0.2, -0.15) is 0 Å². The molecule has 0 aliphatic rings. The Morgan fingerprint density at radius 3 is 2.13 bits per heavy atom. The van der Waals surface area contributed by atoms with E-state index in [1.165, 1.54) is 24.0 Å². The summed E-state index contributed by atoms with van der Waals surface area (Å²) in [5, 5.41) is 0. The molecule has 0 atom stereocenters. The minimum atomic E-state index is 0.384. The van der Waals surface area contributed by atoms with Crippen molar-refractivity contribution in [3.05, 3.63) is 41.8 Å². The summed E-state index contributed by atoms with van der Waals surface area (Å²) in [5.41, 5.74) is 3.18. The number of rotatable bonds is 4. The Morgan fingerprint density at radius 2 is 1.67 bits per heavy atom. The fourth-order valence-electron chi connectivity index (χ4n) is 1.69. The van der Waals surface area contributed by atoms with Gasteiger partial charge >= 0.3 is 0 Å². The lowest BCUT2D eigenvalue weighted by atomic mass is 9.88. The maximum atomic E-state index is 2.31. The van der Waals surface area contributed by atoms with Gasteiger partial charge in [0.15, 0.2) is 0 Å². The summed E-state index contributed by atoms with van der Waals surface area (Å²) >= 11 is 0. The van der Waals surface area contributed by atoms with E-state index in [0.717, 1.165) is 6.42 Å². The van der Waals surface area contributed by atoms with Crippen LogP contribution in [-0.2, 0) is 6.42 Å². The number of unbranched alkanes of at least 4 members (excludes halogenated alkanes) is 1. The molecule has 0 saturated heterocycles. The Bertz CT molecular complexity index is 274. The van der Waals surface area contributed by atoms with Crippen LogP contribution in [0.5, 0.6) is 0 Å². The van der Waals surface area contributed by atoms with Gasteiger partial charge in [-0.25, -0.2) is 0 Å². The molecule has 83 valence electrons. The second kappa shape index (κ2) is 5.34. The lowest BCUT2D eigenvalue weighted by Gasteiger charge is -2.18. The van der Waals surface area contributed by atoms with Crippen molar-refractivity contribution in [3.63, 3.8) is 0 Å². The molecular formula is C15H23. The zero-order valence-electron chi connectivity index (χ0n) is 10.5. The average molecular weight is 203 g/mol. The minimum absolute atomic E-state index is 0.384. The zero-order chi connectivity index (χ0) is 11.3. The highest BCUT2D eigenvalue weighted by Crippen LogP contribution is 2.21. The molecule has 0 aromatic heterocycles. The Labute approximate surface area is 94.7 Å². The van der Waals surface area contributed by atoms with Crippen LogP contribution in [0.15, 0.2) is 24.3 Å². The molecule has 1 aromatic rings. The highest BCUT2D eigenvalue weighted by Gasteiger charge is 2.10. The van der Waals surface area contributed by atoms with Crippen molar-refractivity contribution in [1.29, 1.82) is 0 Å². The third kappa shape index (κ3) is 5.01. The first kappa shape index (κ1) is 12.3. The molecular weight excluding hydrogens is 180 g/mol. The van der Waals surface area contributed by atoms with Crippen molar-refractivity contribution in [2.45, 2.75) is 47.0 Å². The van der Waals surface area contributed by atoms with Crippen LogP contribution in [0.2, 0.25) is 0 Å². The molecule has 0 aliphatic heterocycles. The SMILES string of the molecule is CCC[CH]c1ccc(CC(C)(C)C)cc1. The molecule has 0 unspecified atom stereocenters. The van der Waals surface area contributed by atoms with Gasteiger partial charge in [0.2, 0.25) is 0 Å². The van der Waals surface area contributed by atoms with E-state index in [1.807, 2.05) is 0 Å². The third-order valence-corrected chi connectivity index (χ3v) is 2.38. The van der Waals surface area contributed by atoms with E-state index in [4.69, 9.17) is 0 Å². The van der Waals surface area contributed by atoms with E-state index in [-0.39, 0.29) is 0 Å². The zero-order valence-corrected chi connectivity index (χ0v) is 10.5. The Morgan fingerprint density at radius 1 is 1.07 bits per heavy atom. The normalized spacial score (nSPS) is 11.7. The van der Waals surface area contributed by atoms with Gasteiger partial charge in [-0.15, -0.1) is 0 Å². The van der Waals surface area contributed by atoms with Gasteiger partial charge < -0.3 is 0 Å². The van der Waals surface area contributed by atoms with Crippen LogP contribution < -0.4 is 0 Å². The van der Waals surface area contributed by atoms with Crippen LogP contribution >= 0.6 is 0 Å². The molecule has 0 bridgehead atoms. The summed E-state index contributed by atoms with van der Waals surface area (Å²) in [6.07, 6.45) is 5.87. The third-order valence-electron chi connectivity index (χ3n) is 2.38. The van der Waals surface area contributed by atoms with Crippen molar-refractivity contribution in [2.75, 3.05) is 0 Å². The summed E-state index contributed by atoms with van der Waals surface area (Å²) in [6.45, 7) is 9.06. The Kier molecular flexibility index (Phi) is 4.38. The van der Waals surface area contributed by atoms with Crippen molar-refractivity contribution in [1.82, 2.24) is 0 Å². The molecule has 0 spiro atoms. The van der Waals surface area contributed by atoms with Gasteiger partial charge in [0.05, 0.1) is 0 Å². The first-order valence-corrected chi connectivity index (χ1v) is 5.93. The van der Waals surface area contributed by atoms with Gasteiger partial charge in [0, 0.05) is 0 Å². The highest BCUT2D eigenvalue weighted by atomic mass is 14.2. The highest BCUT2D eigenvalue weighted by molar-refractivity contribution is 5.27. The molecule has 0 saturated carbocycles. The smallest absolute Gasteiger partial charge is 0.00932 e. The van der Waals surface area contributed by atoms with Crippen LogP contribution in [0.4, 0.5) is 0 Å². The molecule has 1 radical (unpaired) electrons. The van der Waals surface area contributed by atoms with E-state index in [0.29, 0.717) is 5.41 Å². The molecule has 1 rings (SSSR count). The first-order chi connectivity index (χ1) is 7.01. The molecule has 15 heavy (non-hydrogen) atoms.